The molecule has 0 aliphatic heterocycles. The van der Waals surface area contributed by atoms with E-state index in [2.05, 4.69) is 28.6 Å². The number of carbonyl (C=O) groups is 2. The molecule has 0 spiro atoms. The Morgan fingerprint density at radius 1 is 1.10 bits per heavy atom. The number of nitrogens with zero attached hydrogens (tertiary/aromatic N) is 3. The van der Waals surface area contributed by atoms with Gasteiger partial charge in [0.2, 0.25) is 5.91 Å². The molecule has 2 saturated carbocycles. The molecule has 1 amide bonds. The van der Waals surface area contributed by atoms with Crippen molar-refractivity contribution in [3.8, 4) is 17.6 Å². The van der Waals surface area contributed by atoms with E-state index in [4.69, 9.17) is 4.74 Å². The summed E-state index contributed by atoms with van der Waals surface area (Å²) in [5.41, 5.74) is 1.40. The summed E-state index contributed by atoms with van der Waals surface area (Å²) in [6.07, 6.45) is 10.5. The third-order valence-electron chi connectivity index (χ3n) is 7.99. The summed E-state index contributed by atoms with van der Waals surface area (Å²) >= 11 is 1.17. The summed E-state index contributed by atoms with van der Waals surface area (Å²) in [6, 6.07) is 3.76. The summed E-state index contributed by atoms with van der Waals surface area (Å²) in [5.74, 6) is 6.81. The molecule has 0 bridgehead atoms. The first kappa shape index (κ1) is 31.1. The molecule has 2 aliphatic carbocycles. The molecule has 2 heterocycles. The van der Waals surface area contributed by atoms with Crippen LogP contribution in [0.3, 0.4) is 0 Å². The molecule has 0 atom stereocenters. The maximum atomic E-state index is 14.2. The number of thiophene rings is 1. The topological polar surface area (TPSA) is 83.0 Å². The van der Waals surface area contributed by atoms with Gasteiger partial charge in [0.15, 0.2) is 0 Å². The van der Waals surface area contributed by atoms with Crippen molar-refractivity contribution in [3.63, 3.8) is 0 Å². The number of ether oxygens (including phenoxy) is 1. The molecule has 2 aliphatic rings. The number of hydrogen-bond donors (Lipinski definition) is 1. The summed E-state index contributed by atoms with van der Waals surface area (Å²) in [7, 11) is 4.06. The van der Waals surface area contributed by atoms with E-state index in [1.807, 2.05) is 51.9 Å². The summed E-state index contributed by atoms with van der Waals surface area (Å²) in [5, 5.41) is 10.2. The zero-order valence-electron chi connectivity index (χ0n) is 25.4. The molecule has 222 valence electrons. The Balaban J connectivity index is 1.59. The number of aromatic nitrogens is 1. The van der Waals surface area contributed by atoms with Crippen LogP contribution in [0, 0.1) is 29.1 Å². The highest BCUT2D eigenvalue weighted by Crippen LogP contribution is 2.39. The van der Waals surface area contributed by atoms with Crippen molar-refractivity contribution in [2.45, 2.75) is 97.8 Å². The first-order valence-electron chi connectivity index (χ1n) is 14.9. The van der Waals surface area contributed by atoms with Crippen LogP contribution in [0.4, 0.5) is 5.69 Å². The molecule has 7 nitrogen and oxygen atoms in total. The molecular weight excluding hydrogens is 534 g/mol. The molecule has 2 aromatic rings. The van der Waals surface area contributed by atoms with Crippen molar-refractivity contribution in [2.75, 3.05) is 19.0 Å². The molecule has 0 aromatic carbocycles. The van der Waals surface area contributed by atoms with Gasteiger partial charge in [0.25, 0.3) is 0 Å². The van der Waals surface area contributed by atoms with Gasteiger partial charge < -0.3 is 19.6 Å². The number of anilines is 1. The lowest BCUT2D eigenvalue weighted by molar-refractivity contribution is -0.124. The molecule has 2 aromatic heterocycles. The van der Waals surface area contributed by atoms with E-state index in [1.54, 1.807) is 12.4 Å². The van der Waals surface area contributed by atoms with Crippen molar-refractivity contribution in [2.24, 2.45) is 17.3 Å². The quantitative estimate of drug-likeness (QED) is 0.345. The number of amides is 1. The highest BCUT2D eigenvalue weighted by atomic mass is 32.1. The monoisotopic (exact) mass is 579 g/mol. The Bertz CT molecular complexity index is 1270. The van der Waals surface area contributed by atoms with Crippen molar-refractivity contribution in [3.05, 3.63) is 39.8 Å². The third kappa shape index (κ3) is 8.33. The van der Waals surface area contributed by atoms with E-state index in [-0.39, 0.29) is 34.3 Å². The van der Waals surface area contributed by atoms with Gasteiger partial charge in [-0.25, -0.2) is 4.79 Å². The highest BCUT2D eigenvalue weighted by molar-refractivity contribution is 7.15. The van der Waals surface area contributed by atoms with E-state index >= 15 is 0 Å². The average Bonchev–Trinajstić information content (AvgIpc) is 3.34. The van der Waals surface area contributed by atoms with E-state index in [0.717, 1.165) is 69.2 Å². The van der Waals surface area contributed by atoms with Crippen LogP contribution in [-0.2, 0) is 11.3 Å². The minimum absolute atomic E-state index is 0.0264. The summed E-state index contributed by atoms with van der Waals surface area (Å²) in [4.78, 5) is 35.7. The fourth-order valence-electron chi connectivity index (χ4n) is 5.81. The predicted octanol–water partition coefficient (Wildman–Crippen LogP) is 6.85. The fraction of sp³-hybridized carbons (Fsp3) is 0.606. The highest BCUT2D eigenvalue weighted by Gasteiger charge is 2.38. The van der Waals surface area contributed by atoms with E-state index in [1.165, 1.54) is 11.3 Å². The molecular formula is C33H45N3O4S. The number of pyridine rings is 1. The Labute approximate surface area is 249 Å². The minimum Gasteiger partial charge on any atom is -0.488 e. The first-order valence-corrected chi connectivity index (χ1v) is 15.7. The number of carboxylic acids is 1. The second kappa shape index (κ2) is 13.4. The molecule has 0 unspecified atom stereocenters. The van der Waals surface area contributed by atoms with Crippen LogP contribution >= 0.6 is 11.3 Å². The lowest BCUT2D eigenvalue weighted by Crippen LogP contribution is -2.47. The number of hydrogen-bond acceptors (Lipinski definition) is 6. The van der Waals surface area contributed by atoms with Crippen LogP contribution in [0.1, 0.15) is 99.2 Å². The normalized spacial score (nSPS) is 23.0. The van der Waals surface area contributed by atoms with E-state index in [9.17, 15) is 14.7 Å². The van der Waals surface area contributed by atoms with Crippen LogP contribution in [0.5, 0.6) is 5.75 Å². The third-order valence-corrected chi connectivity index (χ3v) is 9.02. The van der Waals surface area contributed by atoms with Gasteiger partial charge in [0.1, 0.15) is 10.6 Å². The zero-order chi connectivity index (χ0) is 29.7. The van der Waals surface area contributed by atoms with Crippen molar-refractivity contribution < 1.29 is 19.4 Å². The van der Waals surface area contributed by atoms with E-state index < -0.39 is 5.97 Å². The second-order valence-electron chi connectivity index (χ2n) is 13.1. The molecule has 8 heteroatoms. The SMILES string of the molecule is CN(C)Cc1ccncc1O[C@H]1CC[C@H](N(c2cc(C#CC(C)(C)C)sc2C(=O)O)C(=O)[C@H]2CC[C@H](C)CC2)CC1. The fourth-order valence-corrected chi connectivity index (χ4v) is 6.65. The minimum atomic E-state index is -1.01. The van der Waals surface area contributed by atoms with Gasteiger partial charge in [0, 0.05) is 35.7 Å². The largest absolute Gasteiger partial charge is 0.488 e. The molecule has 1 N–H and O–H groups in total. The number of carbonyl (C=O) groups excluding carboxylic acids is 1. The van der Waals surface area contributed by atoms with Crippen LogP contribution in [0.25, 0.3) is 0 Å². The second-order valence-corrected chi connectivity index (χ2v) is 14.1. The number of carboxylic acid groups (broad SMARTS) is 1. The van der Waals surface area contributed by atoms with Crippen LogP contribution < -0.4 is 9.64 Å². The molecule has 41 heavy (non-hydrogen) atoms. The first-order chi connectivity index (χ1) is 19.4. The molecule has 2 fully saturated rings. The van der Waals surface area contributed by atoms with Gasteiger partial charge in [0.05, 0.1) is 22.9 Å². The Hall–Kier alpha value is -2.89. The van der Waals surface area contributed by atoms with Gasteiger partial charge in [-0.1, -0.05) is 18.8 Å². The number of aromatic carboxylic acids is 1. The van der Waals surface area contributed by atoms with E-state index in [0.29, 0.717) is 16.5 Å². The maximum Gasteiger partial charge on any atom is 0.348 e. The lowest BCUT2D eigenvalue weighted by Gasteiger charge is -2.39. The van der Waals surface area contributed by atoms with Gasteiger partial charge in [-0.3, -0.25) is 9.78 Å². The van der Waals surface area contributed by atoms with Gasteiger partial charge in [-0.2, -0.15) is 0 Å². The molecule has 0 radical (unpaired) electrons. The molecule has 0 saturated heterocycles. The Morgan fingerprint density at radius 2 is 1.78 bits per heavy atom. The van der Waals surface area contributed by atoms with Crippen molar-refractivity contribution >= 4 is 28.9 Å². The van der Waals surface area contributed by atoms with Gasteiger partial charge in [-0.15, -0.1) is 11.3 Å². The smallest absolute Gasteiger partial charge is 0.348 e. The zero-order valence-corrected chi connectivity index (χ0v) is 26.2. The Morgan fingerprint density at radius 3 is 2.39 bits per heavy atom. The van der Waals surface area contributed by atoms with Crippen molar-refractivity contribution in [1.82, 2.24) is 9.88 Å². The molecule has 4 rings (SSSR count). The van der Waals surface area contributed by atoms with Crippen LogP contribution in [0.2, 0.25) is 0 Å². The Kier molecular flexibility index (Phi) is 10.1. The average molecular weight is 580 g/mol. The summed E-state index contributed by atoms with van der Waals surface area (Å²) < 4.78 is 6.44. The van der Waals surface area contributed by atoms with Gasteiger partial charge in [-0.05, 0) is 104 Å². The van der Waals surface area contributed by atoms with Crippen LogP contribution in [-0.4, -0.2) is 53.1 Å². The summed E-state index contributed by atoms with van der Waals surface area (Å²) in [6.45, 7) is 9.10. The number of rotatable bonds is 8. The van der Waals surface area contributed by atoms with Gasteiger partial charge >= 0.3 is 5.97 Å². The maximum absolute atomic E-state index is 14.2. The lowest BCUT2D eigenvalue weighted by atomic mass is 9.81. The van der Waals surface area contributed by atoms with Crippen LogP contribution in [0.15, 0.2) is 24.5 Å². The van der Waals surface area contributed by atoms with Crippen molar-refractivity contribution in [1.29, 1.82) is 0 Å². The standard InChI is InChI=1S/C33H45N3O4S/c1-22-7-9-23(10-8-22)31(37)36(28-19-27(15-17-33(2,3)4)41-30(28)32(38)39)25-11-13-26(14-12-25)40-29-20-34-18-16-24(29)21-35(5)6/h16,18-20,22-23,25-26H,7-14,21H2,1-6H3,(H,38,39)/t22-,23-,25-,26-. The predicted molar refractivity (Wildman–Crippen MR) is 165 cm³/mol.